The van der Waals surface area contributed by atoms with Gasteiger partial charge >= 0.3 is 5.97 Å². The molecule has 1 aromatic carbocycles. The van der Waals surface area contributed by atoms with Gasteiger partial charge in [-0.05, 0) is 61.7 Å². The highest BCUT2D eigenvalue weighted by atomic mass is 32.1. The number of nitrogens with one attached hydrogen (secondary N) is 2. The molecule has 1 unspecified atom stereocenters. The predicted octanol–water partition coefficient (Wildman–Crippen LogP) is 2.76. The van der Waals surface area contributed by atoms with E-state index in [2.05, 4.69) is 20.6 Å². The van der Waals surface area contributed by atoms with Crippen molar-refractivity contribution in [1.29, 1.82) is 0 Å². The topological polar surface area (TPSA) is 134 Å². The fourth-order valence-corrected chi connectivity index (χ4v) is 5.26. The lowest BCUT2D eigenvalue weighted by Crippen LogP contribution is -2.49. The number of nitrogens with zero attached hydrogens (tertiary/aromatic N) is 3. The molecular weight excluding hydrogens is 494 g/mol. The Morgan fingerprint density at radius 1 is 1.24 bits per heavy atom. The van der Waals surface area contributed by atoms with Crippen molar-refractivity contribution in [2.45, 2.75) is 45.2 Å². The van der Waals surface area contributed by atoms with Gasteiger partial charge in [0.1, 0.15) is 5.75 Å². The van der Waals surface area contributed by atoms with Crippen molar-refractivity contribution in [2.24, 2.45) is 0 Å². The number of aromatic nitrogens is 2. The zero-order valence-corrected chi connectivity index (χ0v) is 21.7. The number of phenolic OH excluding ortho intramolecular Hbond substituents is 1. The number of carbonyl (C=O) groups is 3. The third-order valence-electron chi connectivity index (χ3n) is 6.41. The van der Waals surface area contributed by atoms with Gasteiger partial charge in [0.2, 0.25) is 12.4 Å². The number of hydrogen-bond acceptors (Lipinski definition) is 9. The smallest absolute Gasteiger partial charge is 0.330 e. The lowest BCUT2D eigenvalue weighted by Gasteiger charge is -2.29. The number of phenols is 1. The average molecular weight is 524 g/mol. The summed E-state index contributed by atoms with van der Waals surface area (Å²) in [5, 5.41) is 18.1. The summed E-state index contributed by atoms with van der Waals surface area (Å²) >= 11 is 1.27. The normalized spacial score (nSPS) is 15.3. The monoisotopic (exact) mass is 523 g/mol. The number of methoxy groups -OCH3 is 1. The van der Waals surface area contributed by atoms with Crippen LogP contribution in [0.15, 0.2) is 35.7 Å². The number of anilines is 2. The number of fused-ring (bicyclic) bond motifs is 1. The second kappa shape index (κ2) is 11.4. The van der Waals surface area contributed by atoms with Crippen molar-refractivity contribution >= 4 is 41.3 Å². The lowest BCUT2D eigenvalue weighted by molar-refractivity contribution is -0.142. The second-order valence-electron chi connectivity index (χ2n) is 8.80. The molecule has 0 radical (unpaired) electrons. The van der Waals surface area contributed by atoms with Crippen LogP contribution in [-0.2, 0) is 27.2 Å². The average Bonchev–Trinajstić information content (AvgIpc) is 3.42. The quantitative estimate of drug-likeness (QED) is 0.288. The van der Waals surface area contributed by atoms with E-state index in [9.17, 15) is 19.5 Å². The van der Waals surface area contributed by atoms with Gasteiger partial charge in [-0.25, -0.2) is 14.8 Å². The first-order valence-corrected chi connectivity index (χ1v) is 12.7. The van der Waals surface area contributed by atoms with Crippen LogP contribution in [0.1, 0.15) is 38.6 Å². The summed E-state index contributed by atoms with van der Waals surface area (Å²) in [6.45, 7) is 3.31. The zero-order valence-electron chi connectivity index (χ0n) is 20.9. The molecule has 1 aliphatic rings. The van der Waals surface area contributed by atoms with Crippen molar-refractivity contribution in [1.82, 2.24) is 15.3 Å². The van der Waals surface area contributed by atoms with Crippen molar-refractivity contribution in [3.05, 3.63) is 63.1 Å². The number of rotatable bonds is 9. The first-order valence-electron chi connectivity index (χ1n) is 11.9. The summed E-state index contributed by atoms with van der Waals surface area (Å²) in [6, 6.07) is 7.92. The minimum atomic E-state index is -1.11. The summed E-state index contributed by atoms with van der Waals surface area (Å²) in [6.07, 6.45) is 2.84. The molecule has 4 rings (SSSR count). The van der Waals surface area contributed by atoms with Gasteiger partial charge in [-0.3, -0.25) is 14.5 Å². The molecule has 2 aromatic heterocycles. The van der Waals surface area contributed by atoms with Crippen LogP contribution in [0.3, 0.4) is 0 Å². The predicted molar refractivity (Wildman–Crippen MR) is 140 cm³/mol. The maximum Gasteiger partial charge on any atom is 0.330 e. The van der Waals surface area contributed by atoms with E-state index in [0.717, 1.165) is 24.0 Å². The lowest BCUT2D eigenvalue weighted by atomic mass is 9.88. The Labute approximate surface area is 218 Å². The molecule has 3 aromatic rings. The highest BCUT2D eigenvalue weighted by Crippen LogP contribution is 2.30. The van der Waals surface area contributed by atoms with Crippen LogP contribution in [0.5, 0.6) is 5.75 Å². The Kier molecular flexibility index (Phi) is 8.02. The number of aryl methyl sites for hydroxylation is 3. The molecule has 0 bridgehead atoms. The SMILES string of the molecule is COC(=O)[C@H](CNC(=O)c1cccs1)N(C=O)c1c(C)nc(NC2CCc3cccc(O)c3C2)nc1C. The summed E-state index contributed by atoms with van der Waals surface area (Å²) in [5.74, 6) is -0.345. The molecule has 2 amide bonds. The number of carbonyl (C=O) groups excluding carboxylic acids is 3. The zero-order chi connectivity index (χ0) is 26.5. The molecule has 0 fully saturated rings. The molecule has 37 heavy (non-hydrogen) atoms. The molecule has 3 N–H and O–H groups in total. The number of aromatic hydroxyl groups is 1. The molecule has 2 atom stereocenters. The van der Waals surface area contributed by atoms with Crippen LogP contribution >= 0.6 is 11.3 Å². The van der Waals surface area contributed by atoms with Gasteiger partial charge in [-0.15, -0.1) is 11.3 Å². The van der Waals surface area contributed by atoms with Gasteiger partial charge < -0.3 is 20.5 Å². The van der Waals surface area contributed by atoms with Crippen molar-refractivity contribution in [3.8, 4) is 5.75 Å². The molecule has 11 heteroatoms. The molecule has 0 saturated carbocycles. The molecule has 194 valence electrons. The van der Waals surface area contributed by atoms with Crippen molar-refractivity contribution in [2.75, 3.05) is 23.9 Å². The molecule has 1 aliphatic carbocycles. The van der Waals surface area contributed by atoms with E-state index in [1.165, 1.54) is 23.3 Å². The summed E-state index contributed by atoms with van der Waals surface area (Å²) in [7, 11) is 1.22. The van der Waals surface area contributed by atoms with Crippen LogP contribution in [0, 0.1) is 13.8 Å². The van der Waals surface area contributed by atoms with Crippen LogP contribution in [0.25, 0.3) is 0 Å². The van der Waals surface area contributed by atoms with Gasteiger partial charge in [0.25, 0.3) is 5.91 Å². The Morgan fingerprint density at radius 3 is 2.65 bits per heavy atom. The van der Waals surface area contributed by atoms with Crippen molar-refractivity contribution in [3.63, 3.8) is 0 Å². The van der Waals surface area contributed by atoms with E-state index in [4.69, 9.17) is 4.74 Å². The van der Waals surface area contributed by atoms with E-state index >= 15 is 0 Å². The summed E-state index contributed by atoms with van der Waals surface area (Å²) in [4.78, 5) is 48.1. The van der Waals surface area contributed by atoms with Crippen LogP contribution in [0.4, 0.5) is 11.6 Å². The van der Waals surface area contributed by atoms with Crippen LogP contribution in [-0.4, -0.2) is 59.1 Å². The van der Waals surface area contributed by atoms with E-state index in [0.29, 0.717) is 40.7 Å². The molecule has 0 saturated heterocycles. The first kappa shape index (κ1) is 26.1. The van der Waals surface area contributed by atoms with Gasteiger partial charge in [-0.1, -0.05) is 18.2 Å². The molecule has 10 nitrogen and oxygen atoms in total. The van der Waals surface area contributed by atoms with E-state index in [1.807, 2.05) is 12.1 Å². The van der Waals surface area contributed by atoms with Crippen molar-refractivity contribution < 1.29 is 24.2 Å². The number of thiophene rings is 1. The highest BCUT2D eigenvalue weighted by molar-refractivity contribution is 7.12. The molecule has 2 heterocycles. The fraction of sp³-hybridized carbons (Fsp3) is 0.346. The third-order valence-corrected chi connectivity index (χ3v) is 7.28. The van der Waals surface area contributed by atoms with Gasteiger partial charge in [0, 0.05) is 12.6 Å². The minimum Gasteiger partial charge on any atom is -0.508 e. The maximum atomic E-state index is 12.6. The number of ether oxygens (including phenoxy) is 1. The Hall–Kier alpha value is -3.99. The van der Waals surface area contributed by atoms with Gasteiger partial charge in [0.15, 0.2) is 6.04 Å². The number of esters is 1. The minimum absolute atomic E-state index is 0.0305. The fourth-order valence-electron chi connectivity index (χ4n) is 4.62. The van der Waals surface area contributed by atoms with Gasteiger partial charge in [-0.2, -0.15) is 0 Å². The molecule has 0 aliphatic heterocycles. The molecular formula is C26H29N5O5S. The number of benzene rings is 1. The van der Waals surface area contributed by atoms with E-state index < -0.39 is 12.0 Å². The largest absolute Gasteiger partial charge is 0.508 e. The Morgan fingerprint density at radius 2 is 2.00 bits per heavy atom. The van der Waals surface area contributed by atoms with Crippen LogP contribution < -0.4 is 15.5 Å². The number of hydrogen-bond donors (Lipinski definition) is 3. The van der Waals surface area contributed by atoms with Gasteiger partial charge in [0.05, 0.1) is 29.1 Å². The summed E-state index contributed by atoms with van der Waals surface area (Å²) < 4.78 is 4.92. The first-order chi connectivity index (χ1) is 17.8. The third kappa shape index (κ3) is 5.72. The number of amides is 2. The Bertz CT molecular complexity index is 1270. The standard InChI is InChI=1S/C26H29N5O5S/c1-15-23(31(14-32)20(25(35)36-3)13-27-24(34)22-8-5-11-37-22)16(2)29-26(28-15)30-18-10-9-17-6-4-7-21(33)19(17)12-18/h4-8,11,14,18,20,33H,9-10,12-13H2,1-3H3,(H,27,34)(H,28,29,30)/t18?,20-/m0/s1. The Balaban J connectivity index is 1.53. The summed E-state index contributed by atoms with van der Waals surface area (Å²) in [5.41, 5.74) is 3.41. The maximum absolute atomic E-state index is 12.6. The van der Waals surface area contributed by atoms with Crippen LogP contribution in [0.2, 0.25) is 0 Å². The van der Waals surface area contributed by atoms with E-state index in [-0.39, 0.29) is 24.2 Å². The second-order valence-corrected chi connectivity index (χ2v) is 9.75. The van der Waals surface area contributed by atoms with E-state index in [1.54, 1.807) is 37.4 Å². The highest BCUT2D eigenvalue weighted by Gasteiger charge is 2.31. The molecule has 0 spiro atoms.